The molecule has 14 heavy (non-hydrogen) atoms. The second-order valence-electron chi connectivity index (χ2n) is 4.54. The van der Waals surface area contributed by atoms with Gasteiger partial charge in [0.25, 0.3) is 0 Å². The molecule has 1 unspecified atom stereocenters. The first-order valence-corrected chi connectivity index (χ1v) is 5.04. The molecule has 0 aromatic heterocycles. The second-order valence-corrected chi connectivity index (χ2v) is 4.54. The predicted octanol–water partition coefficient (Wildman–Crippen LogP) is 1.89. The maximum atomic E-state index is 8.80. The Kier molecular flexibility index (Phi) is 1.36. The number of hydrogen-bond acceptors (Lipinski definition) is 2. The van der Waals surface area contributed by atoms with E-state index in [-0.39, 0.29) is 6.04 Å². The summed E-state index contributed by atoms with van der Waals surface area (Å²) in [7, 11) is 0. The van der Waals surface area contributed by atoms with E-state index in [1.165, 1.54) is 24.0 Å². The summed E-state index contributed by atoms with van der Waals surface area (Å²) in [6.45, 7) is 0. The van der Waals surface area contributed by atoms with E-state index >= 15 is 0 Å². The molecule has 70 valence electrons. The molecule has 2 N–H and O–H groups in total. The fourth-order valence-electron chi connectivity index (χ4n) is 2.60. The first-order valence-electron chi connectivity index (χ1n) is 5.04. The van der Waals surface area contributed by atoms with Gasteiger partial charge in [-0.25, -0.2) is 0 Å². The Morgan fingerprint density at radius 1 is 1.43 bits per heavy atom. The van der Waals surface area contributed by atoms with Crippen LogP contribution in [0.4, 0.5) is 0 Å². The summed E-state index contributed by atoms with van der Waals surface area (Å²) in [6, 6.07) is 8.30. The van der Waals surface area contributed by atoms with Crippen molar-refractivity contribution in [3.63, 3.8) is 0 Å². The molecule has 1 fully saturated rings. The number of nitrogens with two attached hydrogens (primary N) is 1. The number of nitrogens with zero attached hydrogens (tertiary/aromatic N) is 1. The topological polar surface area (TPSA) is 49.8 Å². The van der Waals surface area contributed by atoms with Crippen molar-refractivity contribution in [3.8, 4) is 6.07 Å². The maximum absolute atomic E-state index is 8.80. The lowest BCUT2D eigenvalue weighted by Gasteiger charge is -2.12. The Balaban J connectivity index is 2.10. The molecule has 1 aromatic rings. The summed E-state index contributed by atoms with van der Waals surface area (Å²) < 4.78 is 0. The molecule has 1 saturated carbocycles. The van der Waals surface area contributed by atoms with Crippen molar-refractivity contribution >= 4 is 0 Å². The Hall–Kier alpha value is -1.33. The number of nitriles is 1. The van der Waals surface area contributed by atoms with Gasteiger partial charge in [0.2, 0.25) is 0 Å². The molecule has 3 rings (SSSR count). The fourth-order valence-corrected chi connectivity index (χ4v) is 2.60. The largest absolute Gasteiger partial charge is 0.323 e. The summed E-state index contributed by atoms with van der Waals surface area (Å²) in [5, 5.41) is 8.80. The standard InChI is InChI=1S/C12H12N2/c13-7-8-1-2-10-9(5-8)6-12(3-4-12)11(10)14/h1-2,5,11H,3-4,6,14H2. The van der Waals surface area contributed by atoms with E-state index in [9.17, 15) is 0 Å². The highest BCUT2D eigenvalue weighted by atomic mass is 14.8. The molecule has 0 saturated heterocycles. The number of rotatable bonds is 0. The SMILES string of the molecule is N#Cc1ccc2c(c1)CC1(CC1)C2N. The third-order valence-electron chi connectivity index (χ3n) is 3.70. The molecule has 2 aliphatic carbocycles. The Labute approximate surface area is 83.3 Å². The van der Waals surface area contributed by atoms with Crippen LogP contribution >= 0.6 is 0 Å². The van der Waals surface area contributed by atoms with E-state index in [4.69, 9.17) is 11.0 Å². The molecule has 1 atom stereocenters. The smallest absolute Gasteiger partial charge is 0.0991 e. The number of benzene rings is 1. The molecule has 2 nitrogen and oxygen atoms in total. The van der Waals surface area contributed by atoms with Crippen molar-refractivity contribution in [2.75, 3.05) is 0 Å². The Morgan fingerprint density at radius 2 is 2.21 bits per heavy atom. The lowest BCUT2D eigenvalue weighted by molar-refractivity contribution is 0.446. The summed E-state index contributed by atoms with van der Waals surface area (Å²) in [6.07, 6.45) is 3.59. The molecule has 0 radical (unpaired) electrons. The van der Waals surface area contributed by atoms with Crippen molar-refractivity contribution in [1.29, 1.82) is 5.26 Å². The van der Waals surface area contributed by atoms with Gasteiger partial charge in [0.05, 0.1) is 11.6 Å². The molecule has 0 heterocycles. The van der Waals surface area contributed by atoms with Crippen LogP contribution < -0.4 is 5.73 Å². The minimum atomic E-state index is 0.213. The van der Waals surface area contributed by atoms with Gasteiger partial charge < -0.3 is 5.73 Å². The van der Waals surface area contributed by atoms with Crippen molar-refractivity contribution in [2.24, 2.45) is 11.1 Å². The lowest BCUT2D eigenvalue weighted by atomic mass is 9.99. The van der Waals surface area contributed by atoms with Crippen LogP contribution in [0, 0.1) is 16.7 Å². The zero-order chi connectivity index (χ0) is 9.76. The van der Waals surface area contributed by atoms with Crippen LogP contribution in [0.3, 0.4) is 0 Å². The van der Waals surface area contributed by atoms with Gasteiger partial charge in [-0.3, -0.25) is 0 Å². The Bertz CT molecular complexity index is 438. The van der Waals surface area contributed by atoms with E-state index in [2.05, 4.69) is 6.07 Å². The van der Waals surface area contributed by atoms with Gasteiger partial charge in [-0.1, -0.05) is 6.07 Å². The van der Waals surface area contributed by atoms with Gasteiger partial charge in [-0.2, -0.15) is 5.26 Å². The van der Waals surface area contributed by atoms with E-state index in [1.54, 1.807) is 0 Å². The normalized spacial score (nSPS) is 25.9. The average molecular weight is 184 g/mol. The van der Waals surface area contributed by atoms with Crippen LogP contribution in [0.1, 0.15) is 35.6 Å². The number of fused-ring (bicyclic) bond motifs is 1. The zero-order valence-electron chi connectivity index (χ0n) is 7.96. The third-order valence-corrected chi connectivity index (χ3v) is 3.70. The molecule has 0 bridgehead atoms. The molecule has 0 amide bonds. The van der Waals surface area contributed by atoms with Crippen molar-refractivity contribution in [1.82, 2.24) is 0 Å². The second kappa shape index (κ2) is 2.37. The zero-order valence-corrected chi connectivity index (χ0v) is 7.96. The average Bonchev–Trinajstić information content (AvgIpc) is 2.92. The molecule has 1 spiro atoms. The van der Waals surface area contributed by atoms with Crippen LogP contribution in [0.2, 0.25) is 0 Å². The van der Waals surface area contributed by atoms with Crippen LogP contribution in [-0.2, 0) is 6.42 Å². The van der Waals surface area contributed by atoms with Gasteiger partial charge in [0.1, 0.15) is 0 Å². The fraction of sp³-hybridized carbons (Fsp3) is 0.417. The van der Waals surface area contributed by atoms with Crippen LogP contribution in [0.15, 0.2) is 18.2 Å². The molecule has 1 aromatic carbocycles. The van der Waals surface area contributed by atoms with Crippen LogP contribution in [-0.4, -0.2) is 0 Å². The van der Waals surface area contributed by atoms with E-state index < -0.39 is 0 Å². The minimum absolute atomic E-state index is 0.213. The summed E-state index contributed by atoms with van der Waals surface area (Å²) in [4.78, 5) is 0. The van der Waals surface area contributed by atoms with Gasteiger partial charge in [-0.05, 0) is 47.9 Å². The van der Waals surface area contributed by atoms with Crippen molar-refractivity contribution in [3.05, 3.63) is 34.9 Å². The highest BCUT2D eigenvalue weighted by molar-refractivity contribution is 5.45. The highest BCUT2D eigenvalue weighted by Crippen LogP contribution is 2.60. The van der Waals surface area contributed by atoms with Gasteiger partial charge in [0, 0.05) is 6.04 Å². The van der Waals surface area contributed by atoms with E-state index in [0.29, 0.717) is 5.41 Å². The van der Waals surface area contributed by atoms with Gasteiger partial charge >= 0.3 is 0 Å². The molecule has 0 aliphatic heterocycles. The lowest BCUT2D eigenvalue weighted by Crippen LogP contribution is -2.17. The quantitative estimate of drug-likeness (QED) is 0.669. The molecular formula is C12H12N2. The van der Waals surface area contributed by atoms with Crippen LogP contribution in [0.5, 0.6) is 0 Å². The molecule has 2 aliphatic rings. The van der Waals surface area contributed by atoms with Gasteiger partial charge in [0.15, 0.2) is 0 Å². The first-order chi connectivity index (χ1) is 6.75. The summed E-state index contributed by atoms with van der Waals surface area (Å²) in [5.41, 5.74) is 9.89. The summed E-state index contributed by atoms with van der Waals surface area (Å²) in [5.74, 6) is 0. The van der Waals surface area contributed by atoms with Gasteiger partial charge in [-0.15, -0.1) is 0 Å². The third kappa shape index (κ3) is 0.880. The van der Waals surface area contributed by atoms with E-state index in [1.807, 2.05) is 18.2 Å². The highest BCUT2D eigenvalue weighted by Gasteiger charge is 2.52. The first kappa shape index (κ1) is 8.02. The van der Waals surface area contributed by atoms with Crippen LogP contribution in [0.25, 0.3) is 0 Å². The monoisotopic (exact) mass is 184 g/mol. The molecular weight excluding hydrogens is 172 g/mol. The Morgan fingerprint density at radius 3 is 2.86 bits per heavy atom. The predicted molar refractivity (Wildman–Crippen MR) is 53.5 cm³/mol. The van der Waals surface area contributed by atoms with Crippen molar-refractivity contribution in [2.45, 2.75) is 25.3 Å². The van der Waals surface area contributed by atoms with Crippen molar-refractivity contribution < 1.29 is 0 Å². The number of hydrogen-bond donors (Lipinski definition) is 1. The van der Waals surface area contributed by atoms with E-state index in [0.717, 1.165) is 12.0 Å². The molecule has 2 heteroatoms. The maximum Gasteiger partial charge on any atom is 0.0991 e. The summed E-state index contributed by atoms with van der Waals surface area (Å²) >= 11 is 0. The minimum Gasteiger partial charge on any atom is -0.323 e.